The Morgan fingerprint density at radius 1 is 1.08 bits per heavy atom. The lowest BCUT2D eigenvalue weighted by atomic mass is 10.1. The number of aromatic nitrogens is 2. The number of piperidine rings is 1. The number of carbonyl (C=O) groups is 1. The van der Waals surface area contributed by atoms with Crippen molar-refractivity contribution in [1.29, 1.82) is 0 Å². The van der Waals surface area contributed by atoms with Crippen LogP contribution < -0.4 is 14.9 Å². The molecule has 1 aliphatic rings. The molecule has 0 radical (unpaired) electrons. The molecule has 1 aliphatic heterocycles. The van der Waals surface area contributed by atoms with E-state index >= 15 is 0 Å². The average Bonchev–Trinajstić information content (AvgIpc) is 2.62. The summed E-state index contributed by atoms with van der Waals surface area (Å²) in [4.78, 5) is 21.6. The predicted molar refractivity (Wildman–Crippen MR) is 99.7 cm³/mol. The highest BCUT2D eigenvalue weighted by molar-refractivity contribution is 7.92. The van der Waals surface area contributed by atoms with Crippen molar-refractivity contribution in [2.75, 3.05) is 28.0 Å². The maximum Gasteiger partial charge on any atom is 0.264 e. The lowest BCUT2D eigenvalue weighted by molar-refractivity contribution is -0.114. The molecule has 1 aromatic heterocycles. The summed E-state index contributed by atoms with van der Waals surface area (Å²) in [7, 11) is -3.81. The molecule has 2 heterocycles. The molecule has 3 rings (SSSR count). The Kier molecular flexibility index (Phi) is 5.36. The molecule has 2 N–H and O–H groups in total. The second-order valence-corrected chi connectivity index (χ2v) is 7.78. The van der Waals surface area contributed by atoms with Gasteiger partial charge in [0.2, 0.25) is 11.9 Å². The van der Waals surface area contributed by atoms with Crippen LogP contribution in [0.1, 0.15) is 26.2 Å². The Balaban J connectivity index is 1.75. The summed E-state index contributed by atoms with van der Waals surface area (Å²) >= 11 is 0. The first-order valence-corrected chi connectivity index (χ1v) is 9.91. The molecule has 0 aliphatic carbocycles. The standard InChI is InChI=1S/C17H21N5O3S/c1-13(23)19-14-5-7-15(8-6-14)26(24,25)21-17-18-10-9-16(20-17)22-11-3-2-4-12-22/h5-10H,2-4,11-12H2,1H3,(H,19,23)(H,18,20,21). The van der Waals surface area contributed by atoms with E-state index in [4.69, 9.17) is 0 Å². The molecule has 1 amide bonds. The normalized spacial score (nSPS) is 14.7. The molecule has 9 heteroatoms. The molecule has 0 saturated carbocycles. The quantitative estimate of drug-likeness (QED) is 0.830. The molecule has 2 aromatic rings. The largest absolute Gasteiger partial charge is 0.356 e. The molecule has 0 spiro atoms. The number of rotatable bonds is 5. The third-order valence-corrected chi connectivity index (χ3v) is 5.38. The number of amides is 1. The minimum Gasteiger partial charge on any atom is -0.356 e. The van der Waals surface area contributed by atoms with Gasteiger partial charge in [0.1, 0.15) is 5.82 Å². The summed E-state index contributed by atoms with van der Waals surface area (Å²) in [5.41, 5.74) is 0.528. The van der Waals surface area contributed by atoms with E-state index in [0.29, 0.717) is 5.69 Å². The van der Waals surface area contributed by atoms with Gasteiger partial charge in [-0.2, -0.15) is 4.98 Å². The fourth-order valence-electron chi connectivity index (χ4n) is 2.80. The Hall–Kier alpha value is -2.68. The second kappa shape index (κ2) is 7.69. The summed E-state index contributed by atoms with van der Waals surface area (Å²) in [6.45, 7) is 3.21. The third-order valence-electron chi connectivity index (χ3n) is 4.03. The van der Waals surface area contributed by atoms with Gasteiger partial charge in [-0.15, -0.1) is 0 Å². The van der Waals surface area contributed by atoms with Gasteiger partial charge in [0.05, 0.1) is 4.90 Å². The zero-order valence-corrected chi connectivity index (χ0v) is 15.3. The fraction of sp³-hybridized carbons (Fsp3) is 0.353. The van der Waals surface area contributed by atoms with Crippen LogP contribution in [0, 0.1) is 0 Å². The maximum atomic E-state index is 12.5. The SMILES string of the molecule is CC(=O)Nc1ccc(S(=O)(=O)Nc2nccc(N3CCCCC3)n2)cc1. The zero-order chi connectivity index (χ0) is 18.6. The Morgan fingerprint density at radius 3 is 2.42 bits per heavy atom. The van der Waals surface area contributed by atoms with Gasteiger partial charge in [-0.1, -0.05) is 0 Å². The van der Waals surface area contributed by atoms with E-state index in [0.717, 1.165) is 31.7 Å². The van der Waals surface area contributed by atoms with Crippen LogP contribution in [0.5, 0.6) is 0 Å². The lowest BCUT2D eigenvalue weighted by Crippen LogP contribution is -2.30. The zero-order valence-electron chi connectivity index (χ0n) is 14.5. The van der Waals surface area contributed by atoms with Crippen molar-refractivity contribution in [3.8, 4) is 0 Å². The van der Waals surface area contributed by atoms with E-state index in [1.807, 2.05) is 0 Å². The van der Waals surface area contributed by atoms with Crippen LogP contribution in [0.25, 0.3) is 0 Å². The van der Waals surface area contributed by atoms with E-state index in [2.05, 4.69) is 24.9 Å². The summed E-state index contributed by atoms with van der Waals surface area (Å²) in [5, 5.41) is 2.59. The van der Waals surface area contributed by atoms with Gasteiger partial charge in [0.15, 0.2) is 0 Å². The van der Waals surface area contributed by atoms with E-state index in [1.54, 1.807) is 12.3 Å². The van der Waals surface area contributed by atoms with Gasteiger partial charge in [0, 0.05) is 31.9 Å². The molecular weight excluding hydrogens is 354 g/mol. The number of sulfonamides is 1. The van der Waals surface area contributed by atoms with Crippen molar-refractivity contribution in [3.63, 3.8) is 0 Å². The summed E-state index contributed by atoms with van der Waals surface area (Å²) in [5.74, 6) is 0.541. The maximum absolute atomic E-state index is 12.5. The van der Waals surface area contributed by atoms with Crippen LogP contribution in [0.2, 0.25) is 0 Å². The number of hydrogen-bond acceptors (Lipinski definition) is 6. The number of anilines is 3. The van der Waals surface area contributed by atoms with Gasteiger partial charge in [-0.25, -0.2) is 18.1 Å². The van der Waals surface area contributed by atoms with Crippen molar-refractivity contribution in [1.82, 2.24) is 9.97 Å². The topological polar surface area (TPSA) is 104 Å². The van der Waals surface area contributed by atoms with Crippen LogP contribution in [0.3, 0.4) is 0 Å². The van der Waals surface area contributed by atoms with Crippen LogP contribution in [-0.2, 0) is 14.8 Å². The first-order valence-electron chi connectivity index (χ1n) is 8.42. The molecule has 8 nitrogen and oxygen atoms in total. The van der Waals surface area contributed by atoms with E-state index in [1.165, 1.54) is 37.6 Å². The van der Waals surface area contributed by atoms with Crippen molar-refractivity contribution in [3.05, 3.63) is 36.5 Å². The van der Waals surface area contributed by atoms with Gasteiger partial charge in [-0.05, 0) is 49.6 Å². The van der Waals surface area contributed by atoms with Crippen molar-refractivity contribution < 1.29 is 13.2 Å². The predicted octanol–water partition coefficient (Wildman–Crippen LogP) is 2.23. The molecule has 1 fully saturated rings. The summed E-state index contributed by atoms with van der Waals surface area (Å²) < 4.78 is 27.5. The van der Waals surface area contributed by atoms with E-state index in [9.17, 15) is 13.2 Å². The van der Waals surface area contributed by atoms with Gasteiger partial charge >= 0.3 is 0 Å². The number of nitrogens with zero attached hydrogens (tertiary/aromatic N) is 3. The highest BCUT2D eigenvalue weighted by atomic mass is 32.2. The van der Waals surface area contributed by atoms with Crippen LogP contribution in [0.15, 0.2) is 41.4 Å². The Labute approximate surface area is 152 Å². The first kappa shape index (κ1) is 18.1. The smallest absolute Gasteiger partial charge is 0.264 e. The number of benzene rings is 1. The van der Waals surface area contributed by atoms with Gasteiger partial charge in [0.25, 0.3) is 10.0 Å². The van der Waals surface area contributed by atoms with Crippen molar-refractivity contribution in [2.24, 2.45) is 0 Å². The van der Waals surface area contributed by atoms with Crippen molar-refractivity contribution >= 4 is 33.4 Å². The number of nitrogens with one attached hydrogen (secondary N) is 2. The highest BCUT2D eigenvalue weighted by Crippen LogP contribution is 2.20. The average molecular weight is 375 g/mol. The third kappa shape index (κ3) is 4.48. The van der Waals surface area contributed by atoms with Crippen molar-refractivity contribution in [2.45, 2.75) is 31.1 Å². The van der Waals surface area contributed by atoms with Crippen LogP contribution >= 0.6 is 0 Å². The van der Waals surface area contributed by atoms with Gasteiger partial charge < -0.3 is 10.2 Å². The van der Waals surface area contributed by atoms with Crippen LogP contribution in [0.4, 0.5) is 17.5 Å². The molecule has 0 unspecified atom stereocenters. The first-order chi connectivity index (χ1) is 12.4. The van der Waals surface area contributed by atoms with Crippen LogP contribution in [-0.4, -0.2) is 37.4 Å². The monoisotopic (exact) mass is 375 g/mol. The molecule has 138 valence electrons. The molecule has 1 saturated heterocycles. The Morgan fingerprint density at radius 2 is 1.77 bits per heavy atom. The molecule has 1 aromatic carbocycles. The minimum atomic E-state index is -3.81. The van der Waals surface area contributed by atoms with E-state index < -0.39 is 10.0 Å². The molecule has 0 bridgehead atoms. The Bertz CT molecular complexity index is 878. The van der Waals surface area contributed by atoms with E-state index in [-0.39, 0.29) is 16.8 Å². The number of carbonyl (C=O) groups excluding carboxylic acids is 1. The molecule has 0 atom stereocenters. The summed E-state index contributed by atoms with van der Waals surface area (Å²) in [6, 6.07) is 7.68. The highest BCUT2D eigenvalue weighted by Gasteiger charge is 2.18. The molecular formula is C17H21N5O3S. The number of hydrogen-bond donors (Lipinski definition) is 2. The lowest BCUT2D eigenvalue weighted by Gasteiger charge is -2.27. The fourth-order valence-corrected chi connectivity index (χ4v) is 3.75. The summed E-state index contributed by atoms with van der Waals surface area (Å²) in [6.07, 6.45) is 4.96. The second-order valence-electron chi connectivity index (χ2n) is 6.10. The van der Waals surface area contributed by atoms with Gasteiger partial charge in [-0.3, -0.25) is 4.79 Å². The minimum absolute atomic E-state index is 0.0408. The molecule has 26 heavy (non-hydrogen) atoms.